The normalized spacial score (nSPS) is 11.4. The number of nitrogens with zero attached hydrogens (tertiary/aromatic N) is 1. The fourth-order valence-electron chi connectivity index (χ4n) is 5.50. The number of hydrogen-bond donors (Lipinski definition) is 2. The van der Waals surface area contributed by atoms with Gasteiger partial charge in [0.1, 0.15) is 0 Å². The highest BCUT2D eigenvalue weighted by molar-refractivity contribution is 5.25. The molecule has 0 saturated heterocycles. The summed E-state index contributed by atoms with van der Waals surface area (Å²) >= 11 is 0. The van der Waals surface area contributed by atoms with E-state index in [1.54, 1.807) is 0 Å². The number of hydrogen-bond acceptors (Lipinski definition) is 3. The van der Waals surface area contributed by atoms with Crippen LogP contribution in [0.2, 0.25) is 0 Å². The monoisotopic (exact) mass is 517 g/mol. The van der Waals surface area contributed by atoms with E-state index in [0.717, 1.165) is 36.9 Å². The van der Waals surface area contributed by atoms with Gasteiger partial charge in [-0.25, -0.2) is 0 Å². The molecule has 3 N–H and O–H groups in total. The number of rotatable bonds is 27. The van der Waals surface area contributed by atoms with Gasteiger partial charge in [-0.1, -0.05) is 162 Å². The first-order valence-electron chi connectivity index (χ1n) is 16.6. The summed E-state index contributed by atoms with van der Waals surface area (Å²) in [5.74, 6) is 0.271. The summed E-state index contributed by atoms with van der Waals surface area (Å²) < 4.78 is 0. The van der Waals surface area contributed by atoms with Crippen LogP contribution in [0.15, 0.2) is 4.79 Å². The summed E-state index contributed by atoms with van der Waals surface area (Å²) in [6.07, 6.45) is 35.4. The Morgan fingerprint density at radius 3 is 1.22 bits per heavy atom. The van der Waals surface area contributed by atoms with Gasteiger partial charge in [-0.3, -0.25) is 4.79 Å². The minimum atomic E-state index is -0.107. The molecule has 4 nitrogen and oxygen atoms in total. The Labute approximate surface area is 230 Å². The zero-order chi connectivity index (χ0) is 26.8. The maximum absolute atomic E-state index is 12.5. The Balaban J connectivity index is 2.11. The van der Waals surface area contributed by atoms with Crippen molar-refractivity contribution in [1.29, 1.82) is 0 Å². The van der Waals surface area contributed by atoms with E-state index in [2.05, 4.69) is 23.8 Å². The van der Waals surface area contributed by atoms with Crippen molar-refractivity contribution in [2.75, 3.05) is 5.73 Å². The molecule has 0 atom stereocenters. The van der Waals surface area contributed by atoms with Crippen molar-refractivity contribution in [3.05, 3.63) is 21.6 Å². The van der Waals surface area contributed by atoms with Gasteiger partial charge in [0.2, 0.25) is 5.95 Å². The lowest BCUT2D eigenvalue weighted by atomic mass is 10.0. The van der Waals surface area contributed by atoms with E-state index in [0.29, 0.717) is 0 Å². The standard InChI is InChI=1S/C33H63N3O/c1-3-5-7-9-11-13-15-17-18-20-22-24-26-28-30-31(35-33(34)36-32(30)37)29-27-25-23-21-19-16-14-12-10-8-6-4-2/h3-29H2,1-2H3,(H3,34,35,36,37). The predicted octanol–water partition coefficient (Wildman–Crippen LogP) is 10.2. The van der Waals surface area contributed by atoms with E-state index in [4.69, 9.17) is 5.73 Å². The van der Waals surface area contributed by atoms with E-state index in [-0.39, 0.29) is 11.5 Å². The van der Waals surface area contributed by atoms with Crippen LogP contribution in [0.1, 0.15) is 186 Å². The van der Waals surface area contributed by atoms with Gasteiger partial charge in [0.15, 0.2) is 0 Å². The lowest BCUT2D eigenvalue weighted by molar-refractivity contribution is 0.538. The first kappa shape index (κ1) is 33.7. The predicted molar refractivity (Wildman–Crippen MR) is 163 cm³/mol. The maximum Gasteiger partial charge on any atom is 0.277 e. The van der Waals surface area contributed by atoms with Crippen LogP contribution in [-0.4, -0.2) is 9.97 Å². The van der Waals surface area contributed by atoms with Crippen LogP contribution in [0.4, 0.5) is 5.95 Å². The second kappa shape index (κ2) is 25.0. The van der Waals surface area contributed by atoms with Crippen LogP contribution in [0.5, 0.6) is 0 Å². The fraction of sp³-hybridized carbons (Fsp3) is 0.879. The van der Waals surface area contributed by atoms with Crippen LogP contribution in [0.3, 0.4) is 0 Å². The Kier molecular flexibility index (Phi) is 22.8. The van der Waals surface area contributed by atoms with Crippen LogP contribution < -0.4 is 11.3 Å². The van der Waals surface area contributed by atoms with Gasteiger partial charge in [0, 0.05) is 11.3 Å². The average Bonchev–Trinajstić information content (AvgIpc) is 2.88. The molecule has 0 aliphatic heterocycles. The molecule has 0 bridgehead atoms. The zero-order valence-electron chi connectivity index (χ0n) is 25.0. The maximum atomic E-state index is 12.5. The number of unbranched alkanes of at least 4 members (excludes halogenated alkanes) is 23. The van der Waals surface area contributed by atoms with Crippen LogP contribution in [-0.2, 0) is 12.8 Å². The van der Waals surface area contributed by atoms with E-state index in [1.807, 2.05) is 0 Å². The second-order valence-electron chi connectivity index (χ2n) is 11.5. The number of nitrogens with two attached hydrogens (primary N) is 1. The van der Waals surface area contributed by atoms with Crippen molar-refractivity contribution in [1.82, 2.24) is 9.97 Å². The number of anilines is 1. The minimum absolute atomic E-state index is 0.107. The first-order valence-corrected chi connectivity index (χ1v) is 16.6. The second-order valence-corrected chi connectivity index (χ2v) is 11.5. The largest absolute Gasteiger partial charge is 0.369 e. The van der Waals surface area contributed by atoms with Crippen molar-refractivity contribution >= 4 is 5.95 Å². The Bertz CT molecular complexity index is 685. The lowest BCUT2D eigenvalue weighted by Crippen LogP contribution is -2.20. The summed E-state index contributed by atoms with van der Waals surface area (Å²) in [5.41, 5.74) is 7.70. The Hall–Kier alpha value is -1.32. The molecule has 0 spiro atoms. The smallest absolute Gasteiger partial charge is 0.277 e. The Morgan fingerprint density at radius 2 is 0.838 bits per heavy atom. The highest BCUT2D eigenvalue weighted by atomic mass is 16.1. The van der Waals surface area contributed by atoms with Crippen molar-refractivity contribution in [2.24, 2.45) is 0 Å². The van der Waals surface area contributed by atoms with E-state index < -0.39 is 0 Å². The average molecular weight is 518 g/mol. The molecule has 0 aliphatic carbocycles. The number of nitrogen functional groups attached to an aromatic ring is 1. The molecule has 0 aromatic carbocycles. The summed E-state index contributed by atoms with van der Waals surface area (Å²) in [7, 11) is 0. The molecule has 1 aromatic heterocycles. The molecule has 4 heteroatoms. The van der Waals surface area contributed by atoms with Crippen molar-refractivity contribution < 1.29 is 0 Å². The molecule has 216 valence electrons. The third-order valence-electron chi connectivity index (χ3n) is 7.93. The van der Waals surface area contributed by atoms with E-state index >= 15 is 0 Å². The van der Waals surface area contributed by atoms with Crippen molar-refractivity contribution in [2.45, 2.75) is 187 Å². The van der Waals surface area contributed by atoms with Gasteiger partial charge in [-0.05, 0) is 25.7 Å². The SMILES string of the molecule is CCCCCCCCCCCCCCCc1c(CCCCCCCCCCCCCC)[nH]c(N)nc1=O. The van der Waals surface area contributed by atoms with Gasteiger partial charge in [-0.2, -0.15) is 4.98 Å². The molecule has 1 heterocycles. The van der Waals surface area contributed by atoms with E-state index in [9.17, 15) is 4.79 Å². The molecule has 1 rings (SSSR count). The highest BCUT2D eigenvalue weighted by Crippen LogP contribution is 2.16. The lowest BCUT2D eigenvalue weighted by Gasteiger charge is -2.10. The molecule has 37 heavy (non-hydrogen) atoms. The van der Waals surface area contributed by atoms with Crippen LogP contribution in [0, 0.1) is 0 Å². The minimum Gasteiger partial charge on any atom is -0.369 e. The van der Waals surface area contributed by atoms with E-state index in [1.165, 1.54) is 148 Å². The first-order chi connectivity index (χ1) is 18.2. The zero-order valence-corrected chi connectivity index (χ0v) is 25.0. The van der Waals surface area contributed by atoms with Crippen molar-refractivity contribution in [3.8, 4) is 0 Å². The molecular formula is C33H63N3O. The molecule has 0 saturated carbocycles. The summed E-state index contributed by atoms with van der Waals surface area (Å²) in [5, 5.41) is 0. The number of aromatic nitrogens is 2. The summed E-state index contributed by atoms with van der Waals surface area (Å²) in [6.45, 7) is 4.56. The third-order valence-corrected chi connectivity index (χ3v) is 7.93. The molecule has 0 fully saturated rings. The van der Waals surface area contributed by atoms with Crippen LogP contribution in [0.25, 0.3) is 0 Å². The quantitative estimate of drug-likeness (QED) is 0.114. The summed E-state index contributed by atoms with van der Waals surface area (Å²) in [6, 6.07) is 0. The molecule has 0 aliphatic rings. The van der Waals surface area contributed by atoms with Gasteiger partial charge >= 0.3 is 0 Å². The number of H-pyrrole nitrogens is 1. The van der Waals surface area contributed by atoms with Gasteiger partial charge in [0.25, 0.3) is 5.56 Å². The Morgan fingerprint density at radius 1 is 0.514 bits per heavy atom. The molecule has 1 aromatic rings. The summed E-state index contributed by atoms with van der Waals surface area (Å²) in [4.78, 5) is 19.7. The fourth-order valence-corrected chi connectivity index (χ4v) is 5.50. The molecular weight excluding hydrogens is 454 g/mol. The molecule has 0 amide bonds. The molecule has 0 radical (unpaired) electrons. The molecule has 0 unspecified atom stereocenters. The van der Waals surface area contributed by atoms with Gasteiger partial charge in [-0.15, -0.1) is 0 Å². The number of aromatic amines is 1. The highest BCUT2D eigenvalue weighted by Gasteiger charge is 2.10. The van der Waals surface area contributed by atoms with Gasteiger partial charge in [0.05, 0.1) is 0 Å². The van der Waals surface area contributed by atoms with Gasteiger partial charge < -0.3 is 10.7 Å². The number of nitrogens with one attached hydrogen (secondary N) is 1. The van der Waals surface area contributed by atoms with Crippen LogP contribution >= 0.6 is 0 Å². The topological polar surface area (TPSA) is 71.8 Å². The number of aryl methyl sites for hydroxylation is 1. The third kappa shape index (κ3) is 19.4. The van der Waals surface area contributed by atoms with Crippen molar-refractivity contribution in [3.63, 3.8) is 0 Å².